The number of methoxy groups -OCH3 is 2. The first-order valence-electron chi connectivity index (χ1n) is 10.9. The van der Waals surface area contributed by atoms with Crippen molar-refractivity contribution in [2.45, 2.75) is 11.3 Å². The van der Waals surface area contributed by atoms with Gasteiger partial charge in [0.05, 0.1) is 19.9 Å². The highest BCUT2D eigenvalue weighted by atomic mass is 35.5. The molecule has 10 heteroatoms. The zero-order valence-corrected chi connectivity index (χ0v) is 21.1. The van der Waals surface area contributed by atoms with Crippen molar-refractivity contribution in [3.8, 4) is 11.5 Å². The first kappa shape index (κ1) is 25.9. The summed E-state index contributed by atoms with van der Waals surface area (Å²) in [5.41, 5.74) is 2.20. The number of fused-ring (bicyclic) bond motifs is 1. The predicted molar refractivity (Wildman–Crippen MR) is 127 cm³/mol. The number of halogens is 1. The number of para-hydroxylation sites is 1. The summed E-state index contributed by atoms with van der Waals surface area (Å²) in [5.74, 6) is 0.331. The smallest absolute Gasteiger partial charge is 0.268 e. The molecule has 2 aliphatic rings. The molecule has 184 valence electrons. The molecule has 0 N–H and O–H groups in total. The number of amides is 1. The minimum Gasteiger partial charge on any atom is -1.00 e. The fourth-order valence-corrected chi connectivity index (χ4v) is 5.92. The van der Waals surface area contributed by atoms with Crippen molar-refractivity contribution in [2.24, 2.45) is 0 Å². The molecule has 0 saturated carbocycles. The molecule has 4 rings (SSSR count). The molecule has 0 aromatic heterocycles. The van der Waals surface area contributed by atoms with Gasteiger partial charge in [0.2, 0.25) is 5.91 Å². The van der Waals surface area contributed by atoms with Gasteiger partial charge in [0.1, 0.15) is 4.90 Å². The van der Waals surface area contributed by atoms with Gasteiger partial charge < -0.3 is 31.7 Å². The van der Waals surface area contributed by atoms with Crippen molar-refractivity contribution >= 4 is 27.7 Å². The van der Waals surface area contributed by atoms with E-state index in [1.54, 1.807) is 17.0 Å². The third-order valence-corrected chi connectivity index (χ3v) is 7.93. The van der Waals surface area contributed by atoms with Crippen molar-refractivity contribution in [3.63, 3.8) is 0 Å². The zero-order chi connectivity index (χ0) is 23.6. The van der Waals surface area contributed by atoms with E-state index < -0.39 is 10.0 Å². The summed E-state index contributed by atoms with van der Waals surface area (Å²) in [6, 6.07) is 10.7. The van der Waals surface area contributed by atoms with Gasteiger partial charge in [0, 0.05) is 38.8 Å². The van der Waals surface area contributed by atoms with E-state index in [9.17, 15) is 13.2 Å². The van der Waals surface area contributed by atoms with Gasteiger partial charge in [-0.15, -0.1) is 0 Å². The second kappa shape index (κ2) is 10.7. The summed E-state index contributed by atoms with van der Waals surface area (Å²) in [6.07, 6.45) is 3.75. The highest BCUT2D eigenvalue weighted by Crippen LogP contribution is 2.40. The van der Waals surface area contributed by atoms with Gasteiger partial charge in [-0.1, -0.05) is 18.2 Å². The normalized spacial score (nSPS) is 16.3. The van der Waals surface area contributed by atoms with Gasteiger partial charge in [0.15, 0.2) is 11.5 Å². The van der Waals surface area contributed by atoms with Gasteiger partial charge in [-0.25, -0.2) is 8.42 Å². The minimum absolute atomic E-state index is 0. The van der Waals surface area contributed by atoms with Gasteiger partial charge >= 0.3 is 0 Å². The standard InChI is InChI=1S/C24H29N3O5S.ClH/c1-25-12-14-26(15-13-25)23(28)9-8-18-16-21(31-2)24(32-3)22(17-18)33(29,30)27-11-10-19-6-4-5-7-20(19)27;/h4-9,16-17H,10-15H2,1-3H3;1H/p-1/b9-8+;. The number of benzene rings is 2. The number of anilines is 1. The van der Waals surface area contributed by atoms with E-state index >= 15 is 0 Å². The zero-order valence-electron chi connectivity index (χ0n) is 19.5. The number of hydrogen-bond acceptors (Lipinski definition) is 6. The highest BCUT2D eigenvalue weighted by Gasteiger charge is 2.34. The second-order valence-electron chi connectivity index (χ2n) is 8.17. The lowest BCUT2D eigenvalue weighted by Gasteiger charge is -2.31. The van der Waals surface area contributed by atoms with E-state index in [0.717, 1.165) is 18.7 Å². The van der Waals surface area contributed by atoms with Crippen LogP contribution in [0.4, 0.5) is 5.69 Å². The van der Waals surface area contributed by atoms with E-state index in [4.69, 9.17) is 9.47 Å². The molecular formula is C24H29ClN3O5S-. The molecule has 0 spiro atoms. The number of piperazine rings is 1. The summed E-state index contributed by atoms with van der Waals surface area (Å²) in [7, 11) is 0.987. The summed E-state index contributed by atoms with van der Waals surface area (Å²) in [4.78, 5) is 16.6. The van der Waals surface area contributed by atoms with Crippen LogP contribution in [0.3, 0.4) is 0 Å². The van der Waals surface area contributed by atoms with Crippen LogP contribution in [0.2, 0.25) is 0 Å². The molecule has 8 nitrogen and oxygen atoms in total. The fraction of sp³-hybridized carbons (Fsp3) is 0.375. The van der Waals surface area contributed by atoms with E-state index in [2.05, 4.69) is 4.90 Å². The Morgan fingerprint density at radius 2 is 1.71 bits per heavy atom. The third-order valence-electron chi connectivity index (χ3n) is 6.11. The number of sulfonamides is 1. The Balaban J connectivity index is 0.00000324. The first-order chi connectivity index (χ1) is 15.8. The fourth-order valence-electron chi connectivity index (χ4n) is 4.21. The molecule has 2 aromatic rings. The van der Waals surface area contributed by atoms with Crippen LogP contribution in [0.1, 0.15) is 11.1 Å². The molecule has 0 radical (unpaired) electrons. The van der Waals surface area contributed by atoms with Crippen LogP contribution in [0.25, 0.3) is 6.08 Å². The third kappa shape index (κ3) is 5.01. The number of carbonyl (C=O) groups excluding carboxylic acids is 1. The van der Waals surface area contributed by atoms with Crippen LogP contribution >= 0.6 is 0 Å². The largest absolute Gasteiger partial charge is 1.00 e. The first-order valence-corrected chi connectivity index (χ1v) is 12.3. The average Bonchev–Trinajstić information content (AvgIpc) is 3.27. The number of likely N-dealkylation sites (N-methyl/N-ethyl adjacent to an activating group) is 1. The quantitative estimate of drug-likeness (QED) is 0.480. The Kier molecular flexibility index (Phi) is 8.12. The molecule has 1 fully saturated rings. The van der Waals surface area contributed by atoms with Gasteiger partial charge in [-0.05, 0) is 48.9 Å². The molecule has 0 unspecified atom stereocenters. The summed E-state index contributed by atoms with van der Waals surface area (Å²) < 4.78 is 39.7. The summed E-state index contributed by atoms with van der Waals surface area (Å²) >= 11 is 0. The molecule has 1 saturated heterocycles. The minimum atomic E-state index is -3.92. The van der Waals surface area contributed by atoms with Gasteiger partial charge in [-0.3, -0.25) is 9.10 Å². The van der Waals surface area contributed by atoms with Crippen molar-refractivity contribution in [1.82, 2.24) is 9.80 Å². The van der Waals surface area contributed by atoms with E-state index in [0.29, 0.717) is 37.3 Å². The number of hydrogen-bond donors (Lipinski definition) is 0. The molecule has 34 heavy (non-hydrogen) atoms. The molecule has 2 aromatic carbocycles. The van der Waals surface area contributed by atoms with Crippen LogP contribution in [-0.2, 0) is 21.2 Å². The van der Waals surface area contributed by atoms with Crippen molar-refractivity contribution in [3.05, 3.63) is 53.6 Å². The number of carbonyl (C=O) groups is 1. The number of ether oxygens (including phenoxy) is 2. The van der Waals surface area contributed by atoms with E-state index in [-0.39, 0.29) is 34.7 Å². The maximum absolute atomic E-state index is 13.7. The average molecular weight is 507 g/mol. The van der Waals surface area contributed by atoms with Crippen LogP contribution < -0.4 is 26.2 Å². The summed E-state index contributed by atoms with van der Waals surface area (Å²) in [5, 5.41) is 0. The van der Waals surface area contributed by atoms with Crippen LogP contribution in [-0.4, -0.2) is 78.1 Å². The lowest BCUT2D eigenvalue weighted by atomic mass is 10.1. The SMILES string of the molecule is COc1cc(/C=C/C(=O)N2CCN(C)CC2)cc(S(=O)(=O)N2CCc3ccccc32)c1OC.[Cl-]. The number of nitrogens with zero attached hydrogens (tertiary/aromatic N) is 3. The topological polar surface area (TPSA) is 79.4 Å². The van der Waals surface area contributed by atoms with Crippen molar-refractivity contribution < 1.29 is 35.1 Å². The summed E-state index contributed by atoms with van der Waals surface area (Å²) in [6.45, 7) is 3.35. The molecule has 0 atom stereocenters. The Hall–Kier alpha value is -2.75. The Bertz CT molecular complexity index is 1180. The van der Waals surface area contributed by atoms with Crippen molar-refractivity contribution in [1.29, 1.82) is 0 Å². The van der Waals surface area contributed by atoms with Gasteiger partial charge in [0.25, 0.3) is 10.0 Å². The van der Waals surface area contributed by atoms with Crippen LogP contribution in [0.15, 0.2) is 47.4 Å². The molecule has 0 bridgehead atoms. The Morgan fingerprint density at radius 3 is 2.38 bits per heavy atom. The molecule has 0 aliphatic carbocycles. The monoisotopic (exact) mass is 506 g/mol. The van der Waals surface area contributed by atoms with Crippen molar-refractivity contribution in [2.75, 3.05) is 58.3 Å². The Labute approximate surface area is 207 Å². The van der Waals surface area contributed by atoms with E-state index in [1.807, 2.05) is 31.3 Å². The number of rotatable bonds is 6. The Morgan fingerprint density at radius 1 is 1.00 bits per heavy atom. The molecule has 1 amide bonds. The second-order valence-corrected chi connectivity index (χ2v) is 10.0. The lowest BCUT2D eigenvalue weighted by Crippen LogP contribution is -3.00. The van der Waals surface area contributed by atoms with Crippen LogP contribution in [0.5, 0.6) is 11.5 Å². The maximum Gasteiger partial charge on any atom is 0.268 e. The van der Waals surface area contributed by atoms with E-state index in [1.165, 1.54) is 30.7 Å². The molecule has 2 heterocycles. The highest BCUT2D eigenvalue weighted by molar-refractivity contribution is 7.93. The predicted octanol–water partition coefficient (Wildman–Crippen LogP) is -0.754. The van der Waals surface area contributed by atoms with Gasteiger partial charge in [-0.2, -0.15) is 0 Å². The van der Waals surface area contributed by atoms with Crippen LogP contribution in [0, 0.1) is 0 Å². The lowest BCUT2D eigenvalue weighted by molar-refractivity contribution is -0.127. The molecule has 2 aliphatic heterocycles. The maximum atomic E-state index is 13.7. The molecular weight excluding hydrogens is 478 g/mol.